The van der Waals surface area contributed by atoms with Crippen molar-refractivity contribution in [1.82, 2.24) is 0 Å². The number of fused-ring (bicyclic) bond motifs is 5. The first kappa shape index (κ1) is 27.6. The van der Waals surface area contributed by atoms with Crippen LogP contribution in [0.2, 0.25) is 0 Å². The maximum absolute atomic E-state index is 6.42. The minimum atomic E-state index is 0.162. The molecule has 0 saturated carbocycles. The van der Waals surface area contributed by atoms with E-state index in [9.17, 15) is 0 Å². The van der Waals surface area contributed by atoms with Crippen molar-refractivity contribution in [2.24, 2.45) is 0 Å². The van der Waals surface area contributed by atoms with E-state index in [0.29, 0.717) is 0 Å². The van der Waals surface area contributed by atoms with Crippen molar-refractivity contribution in [3.63, 3.8) is 0 Å². The molecule has 0 amide bonds. The van der Waals surface area contributed by atoms with Crippen molar-refractivity contribution in [3.8, 4) is 22.3 Å². The molecule has 1 aliphatic rings. The average molecular weight is 623 g/mol. The molecular weight excluding hydrogens is 593 g/mol. The van der Waals surface area contributed by atoms with Gasteiger partial charge in [0.2, 0.25) is 0 Å². The van der Waals surface area contributed by atoms with Crippen molar-refractivity contribution in [1.29, 1.82) is 0 Å². The minimum Gasteiger partial charge on any atom is -0.456 e. The van der Waals surface area contributed by atoms with E-state index in [2.05, 4.69) is 180 Å². The van der Waals surface area contributed by atoms with E-state index in [1.54, 1.807) is 0 Å². The molecule has 1 atom stereocenters. The number of anilines is 4. The summed E-state index contributed by atoms with van der Waals surface area (Å²) in [5.41, 5.74) is 12.3. The standard InChI is InChI=1S/C43H30N2OS/c1-4-11-29(12-5-1)30-19-21-31(22-20-30)33-15-10-18-35(27-33)45(34-16-8-3-9-17-34)36-23-25-39-37(28-36)41-40(46-39)26-24-38-42(41)47-43(44-38)32-13-6-2-7-14-32/h1-28,43-44H. The van der Waals surface area contributed by atoms with E-state index in [4.69, 9.17) is 4.42 Å². The number of benzene rings is 7. The highest BCUT2D eigenvalue weighted by Crippen LogP contribution is 2.52. The van der Waals surface area contributed by atoms with E-state index < -0.39 is 0 Å². The van der Waals surface area contributed by atoms with Crippen molar-refractivity contribution in [2.45, 2.75) is 10.3 Å². The quantitative estimate of drug-likeness (QED) is 0.200. The molecule has 1 unspecified atom stereocenters. The fraction of sp³-hybridized carbons (Fsp3) is 0.0233. The van der Waals surface area contributed by atoms with Gasteiger partial charge in [0.15, 0.2) is 0 Å². The summed E-state index contributed by atoms with van der Waals surface area (Å²) in [5.74, 6) is 0. The van der Waals surface area contributed by atoms with Crippen molar-refractivity contribution in [3.05, 3.63) is 175 Å². The van der Waals surface area contributed by atoms with Crippen LogP contribution in [0.15, 0.2) is 179 Å². The molecule has 0 bridgehead atoms. The van der Waals surface area contributed by atoms with Gasteiger partial charge in [0, 0.05) is 38.4 Å². The van der Waals surface area contributed by atoms with Gasteiger partial charge >= 0.3 is 0 Å². The highest BCUT2D eigenvalue weighted by Gasteiger charge is 2.27. The number of nitrogens with zero attached hydrogens (tertiary/aromatic N) is 1. The van der Waals surface area contributed by atoms with Crippen LogP contribution in [0.25, 0.3) is 44.2 Å². The van der Waals surface area contributed by atoms with Gasteiger partial charge in [-0.05, 0) is 82.4 Å². The van der Waals surface area contributed by atoms with E-state index in [-0.39, 0.29) is 5.37 Å². The van der Waals surface area contributed by atoms with Gasteiger partial charge in [-0.3, -0.25) is 0 Å². The first-order valence-corrected chi connectivity index (χ1v) is 16.7. The van der Waals surface area contributed by atoms with Crippen LogP contribution in [0.4, 0.5) is 22.7 Å². The largest absolute Gasteiger partial charge is 0.456 e. The molecule has 1 aromatic heterocycles. The van der Waals surface area contributed by atoms with Gasteiger partial charge < -0.3 is 14.6 Å². The van der Waals surface area contributed by atoms with Gasteiger partial charge in [0.1, 0.15) is 16.5 Å². The zero-order valence-electron chi connectivity index (χ0n) is 25.5. The van der Waals surface area contributed by atoms with Crippen LogP contribution in [0.1, 0.15) is 10.9 Å². The summed E-state index contributed by atoms with van der Waals surface area (Å²) in [4.78, 5) is 3.57. The second-order valence-electron chi connectivity index (χ2n) is 11.8. The van der Waals surface area contributed by atoms with Crippen LogP contribution in [-0.4, -0.2) is 0 Å². The summed E-state index contributed by atoms with van der Waals surface area (Å²) in [5, 5.41) is 6.17. The number of para-hydroxylation sites is 1. The summed E-state index contributed by atoms with van der Waals surface area (Å²) in [7, 11) is 0. The Bertz CT molecular complexity index is 2350. The Labute approximate surface area is 278 Å². The lowest BCUT2D eigenvalue weighted by molar-refractivity contribution is 0.668. The number of rotatable bonds is 6. The molecule has 47 heavy (non-hydrogen) atoms. The maximum Gasteiger partial charge on any atom is 0.136 e. The molecule has 3 nitrogen and oxygen atoms in total. The molecule has 7 aromatic carbocycles. The number of furan rings is 1. The molecule has 0 fully saturated rings. The topological polar surface area (TPSA) is 28.4 Å². The molecule has 8 aromatic rings. The number of hydrogen-bond acceptors (Lipinski definition) is 4. The first-order chi connectivity index (χ1) is 23.3. The minimum absolute atomic E-state index is 0.162. The highest BCUT2D eigenvalue weighted by molar-refractivity contribution is 8.00. The Morgan fingerprint density at radius 1 is 0.489 bits per heavy atom. The molecule has 0 aliphatic carbocycles. The lowest BCUT2D eigenvalue weighted by Crippen LogP contribution is -2.09. The fourth-order valence-corrected chi connectivity index (χ4v) is 7.90. The maximum atomic E-state index is 6.42. The molecule has 4 heteroatoms. The molecule has 9 rings (SSSR count). The zero-order chi connectivity index (χ0) is 31.2. The highest BCUT2D eigenvalue weighted by atomic mass is 32.2. The average Bonchev–Trinajstić information content (AvgIpc) is 3.75. The third-order valence-corrected chi connectivity index (χ3v) is 10.2. The number of nitrogens with one attached hydrogen (secondary N) is 1. The van der Waals surface area contributed by atoms with E-state index in [1.807, 2.05) is 11.8 Å². The molecule has 0 spiro atoms. The Morgan fingerprint density at radius 2 is 1.09 bits per heavy atom. The van der Waals surface area contributed by atoms with Crippen LogP contribution >= 0.6 is 11.8 Å². The van der Waals surface area contributed by atoms with Crippen LogP contribution in [-0.2, 0) is 0 Å². The fourth-order valence-electron chi connectivity index (χ4n) is 6.60. The Hall–Kier alpha value is -5.71. The molecule has 1 aliphatic heterocycles. The Kier molecular flexibility index (Phi) is 6.80. The lowest BCUT2D eigenvalue weighted by atomic mass is 10.00. The molecule has 0 saturated heterocycles. The summed E-state index contributed by atoms with van der Waals surface area (Å²) in [6.45, 7) is 0. The summed E-state index contributed by atoms with van der Waals surface area (Å²) in [6, 6.07) is 60.2. The zero-order valence-corrected chi connectivity index (χ0v) is 26.3. The summed E-state index contributed by atoms with van der Waals surface area (Å²) < 4.78 is 6.42. The SMILES string of the molecule is c1ccc(-c2ccc(-c3cccc(N(c4ccccc4)c4ccc5oc6ccc7c(c6c5c4)SC(c4ccccc4)N7)c3)cc2)cc1. The first-order valence-electron chi connectivity index (χ1n) is 15.9. The van der Waals surface area contributed by atoms with E-state index in [1.165, 1.54) is 32.7 Å². The smallest absolute Gasteiger partial charge is 0.136 e. The second kappa shape index (κ2) is 11.6. The molecule has 2 heterocycles. The monoisotopic (exact) mass is 622 g/mol. The number of hydrogen-bond donors (Lipinski definition) is 1. The predicted molar refractivity (Wildman–Crippen MR) is 198 cm³/mol. The summed E-state index contributed by atoms with van der Waals surface area (Å²) >= 11 is 1.86. The van der Waals surface area contributed by atoms with Gasteiger partial charge in [-0.15, -0.1) is 0 Å². The Morgan fingerprint density at radius 3 is 1.85 bits per heavy atom. The third-order valence-electron chi connectivity index (χ3n) is 8.90. The lowest BCUT2D eigenvalue weighted by Gasteiger charge is -2.26. The van der Waals surface area contributed by atoms with Gasteiger partial charge in [-0.2, -0.15) is 0 Å². The van der Waals surface area contributed by atoms with Gasteiger partial charge in [0.25, 0.3) is 0 Å². The van der Waals surface area contributed by atoms with Gasteiger partial charge in [0.05, 0.1) is 0 Å². The van der Waals surface area contributed by atoms with Crippen LogP contribution in [0, 0.1) is 0 Å². The molecule has 1 N–H and O–H groups in total. The molecule has 0 radical (unpaired) electrons. The van der Waals surface area contributed by atoms with Gasteiger partial charge in [-0.25, -0.2) is 0 Å². The van der Waals surface area contributed by atoms with Crippen molar-refractivity contribution in [2.75, 3.05) is 10.2 Å². The van der Waals surface area contributed by atoms with Crippen LogP contribution in [0.3, 0.4) is 0 Å². The molecular formula is C43H30N2OS. The third kappa shape index (κ3) is 5.04. The predicted octanol–water partition coefficient (Wildman–Crippen LogP) is 12.6. The van der Waals surface area contributed by atoms with Crippen molar-refractivity contribution < 1.29 is 4.42 Å². The van der Waals surface area contributed by atoms with Crippen LogP contribution < -0.4 is 10.2 Å². The number of thioether (sulfide) groups is 1. The second-order valence-corrected chi connectivity index (χ2v) is 12.9. The van der Waals surface area contributed by atoms with Crippen LogP contribution in [0.5, 0.6) is 0 Å². The van der Waals surface area contributed by atoms with Gasteiger partial charge in [-0.1, -0.05) is 127 Å². The van der Waals surface area contributed by atoms with E-state index in [0.717, 1.165) is 44.7 Å². The summed E-state index contributed by atoms with van der Waals surface area (Å²) in [6.07, 6.45) is 0. The Balaban J connectivity index is 1.13. The van der Waals surface area contributed by atoms with E-state index >= 15 is 0 Å². The normalized spacial score (nSPS) is 13.8. The molecule has 224 valence electrons. The van der Waals surface area contributed by atoms with Crippen molar-refractivity contribution >= 4 is 56.4 Å².